The Balaban J connectivity index is 1.37. The fourth-order valence-corrected chi connectivity index (χ4v) is 4.68. The Hall–Kier alpha value is -4.48. The molecule has 1 aliphatic heterocycles. The lowest BCUT2D eigenvalue weighted by Gasteiger charge is -2.33. The molecule has 39 heavy (non-hydrogen) atoms. The van der Waals surface area contributed by atoms with E-state index >= 15 is 0 Å². The third-order valence-corrected chi connectivity index (χ3v) is 6.69. The van der Waals surface area contributed by atoms with Crippen molar-refractivity contribution in [2.75, 3.05) is 26.6 Å². The van der Waals surface area contributed by atoms with Gasteiger partial charge < -0.3 is 19.7 Å². The number of hydrogen-bond donors (Lipinski definition) is 1. The van der Waals surface area contributed by atoms with Crippen LogP contribution in [-0.4, -0.2) is 57.8 Å². The molecule has 9 nitrogen and oxygen atoms in total. The third-order valence-electron chi connectivity index (χ3n) is 6.69. The standard InChI is InChI=1S/C27H27F3N6O3/c1-34(16-17-5-8-19(9-6-17)35-12-4-11-31-35)26(37)21-15-25-32-20(14-24(27(28,29)30)36(25)33-21)18-7-10-22(38-2)23(13-18)39-3/h4-13,15,20,24,32H,14,16H2,1-3H3/t20-,24-/m0/s1. The Bertz CT molecular complexity index is 1450. The molecule has 12 heteroatoms. The average molecular weight is 541 g/mol. The first kappa shape index (κ1) is 26.1. The van der Waals surface area contributed by atoms with Crippen molar-refractivity contribution in [1.82, 2.24) is 24.5 Å². The largest absolute Gasteiger partial charge is 0.493 e. The molecule has 1 aliphatic rings. The summed E-state index contributed by atoms with van der Waals surface area (Å²) in [5.74, 6) is 0.512. The zero-order valence-electron chi connectivity index (χ0n) is 21.5. The first-order valence-electron chi connectivity index (χ1n) is 12.2. The van der Waals surface area contributed by atoms with Gasteiger partial charge in [-0.15, -0.1) is 0 Å². The van der Waals surface area contributed by atoms with Crippen LogP contribution in [0.2, 0.25) is 0 Å². The van der Waals surface area contributed by atoms with Crippen LogP contribution < -0.4 is 14.8 Å². The van der Waals surface area contributed by atoms with Gasteiger partial charge in [0, 0.05) is 38.5 Å². The van der Waals surface area contributed by atoms with E-state index in [0.717, 1.165) is 15.9 Å². The Morgan fingerprint density at radius 2 is 1.85 bits per heavy atom. The predicted molar refractivity (Wildman–Crippen MR) is 137 cm³/mol. The third kappa shape index (κ3) is 5.27. The minimum absolute atomic E-state index is 0.0737. The number of alkyl halides is 3. The van der Waals surface area contributed by atoms with Crippen LogP contribution in [0, 0.1) is 0 Å². The minimum atomic E-state index is -4.57. The Labute approximate surface area is 222 Å². The number of benzene rings is 2. The van der Waals surface area contributed by atoms with E-state index in [1.165, 1.54) is 25.2 Å². The minimum Gasteiger partial charge on any atom is -0.493 e. The van der Waals surface area contributed by atoms with Crippen molar-refractivity contribution < 1.29 is 27.4 Å². The van der Waals surface area contributed by atoms with Gasteiger partial charge in [0.05, 0.1) is 25.9 Å². The molecule has 0 saturated heterocycles. The van der Waals surface area contributed by atoms with Gasteiger partial charge in [-0.3, -0.25) is 4.79 Å². The number of halogens is 3. The van der Waals surface area contributed by atoms with Gasteiger partial charge in [-0.05, 0) is 41.5 Å². The second kappa shape index (κ2) is 10.4. The summed E-state index contributed by atoms with van der Waals surface area (Å²) in [7, 11) is 4.54. The molecule has 2 atom stereocenters. The smallest absolute Gasteiger partial charge is 0.410 e. The molecule has 4 aromatic rings. The molecule has 0 unspecified atom stereocenters. The van der Waals surface area contributed by atoms with Crippen LogP contribution in [-0.2, 0) is 6.54 Å². The molecule has 0 bridgehead atoms. The van der Waals surface area contributed by atoms with Crippen LogP contribution in [0.25, 0.3) is 5.69 Å². The number of carbonyl (C=O) groups is 1. The summed E-state index contributed by atoms with van der Waals surface area (Å²) in [5, 5.41) is 11.4. The van der Waals surface area contributed by atoms with E-state index in [9.17, 15) is 18.0 Å². The normalized spacial score (nSPS) is 16.8. The fraction of sp³-hybridized carbons (Fsp3) is 0.296. The van der Waals surface area contributed by atoms with Crippen molar-refractivity contribution in [3.8, 4) is 17.2 Å². The van der Waals surface area contributed by atoms with Crippen molar-refractivity contribution in [3.63, 3.8) is 0 Å². The monoisotopic (exact) mass is 540 g/mol. The number of anilines is 1. The summed E-state index contributed by atoms with van der Waals surface area (Å²) in [4.78, 5) is 14.6. The molecule has 0 spiro atoms. The van der Waals surface area contributed by atoms with Gasteiger partial charge >= 0.3 is 6.18 Å². The highest BCUT2D eigenvalue weighted by molar-refractivity contribution is 5.93. The summed E-state index contributed by atoms with van der Waals surface area (Å²) >= 11 is 0. The van der Waals surface area contributed by atoms with Crippen LogP contribution >= 0.6 is 0 Å². The quantitative estimate of drug-likeness (QED) is 0.354. The van der Waals surface area contributed by atoms with Crippen LogP contribution in [0.5, 0.6) is 11.5 Å². The Morgan fingerprint density at radius 1 is 1.10 bits per heavy atom. The number of methoxy groups -OCH3 is 2. The van der Waals surface area contributed by atoms with E-state index in [4.69, 9.17) is 9.47 Å². The van der Waals surface area contributed by atoms with E-state index in [1.807, 2.05) is 36.5 Å². The highest BCUT2D eigenvalue weighted by atomic mass is 19.4. The van der Waals surface area contributed by atoms with Gasteiger partial charge in [-0.2, -0.15) is 23.4 Å². The van der Waals surface area contributed by atoms with Crippen molar-refractivity contribution in [2.24, 2.45) is 0 Å². The summed E-state index contributed by atoms with van der Waals surface area (Å²) < 4.78 is 55.5. The molecule has 0 fully saturated rings. The summed E-state index contributed by atoms with van der Waals surface area (Å²) in [6, 6.07) is 13.1. The average Bonchev–Trinajstić information content (AvgIpc) is 3.62. The molecule has 5 rings (SSSR count). The molecule has 2 aromatic carbocycles. The number of nitrogens with one attached hydrogen (secondary N) is 1. The van der Waals surface area contributed by atoms with Crippen LogP contribution in [0.15, 0.2) is 67.0 Å². The van der Waals surface area contributed by atoms with Gasteiger partial charge in [0.25, 0.3) is 5.91 Å². The lowest BCUT2D eigenvalue weighted by molar-refractivity contribution is -0.173. The topological polar surface area (TPSA) is 86.4 Å². The molecule has 0 radical (unpaired) electrons. The number of amides is 1. The molecular formula is C27H27F3N6O3. The predicted octanol–water partition coefficient (Wildman–Crippen LogP) is 5.02. The van der Waals surface area contributed by atoms with Crippen molar-refractivity contribution in [2.45, 2.75) is 31.2 Å². The maximum absolute atomic E-state index is 14.1. The molecule has 3 heterocycles. The molecule has 0 saturated carbocycles. The lowest BCUT2D eigenvalue weighted by Crippen LogP contribution is -2.35. The number of nitrogens with zero attached hydrogens (tertiary/aromatic N) is 5. The van der Waals surface area contributed by atoms with Gasteiger partial charge in [0.1, 0.15) is 5.82 Å². The van der Waals surface area contributed by atoms with E-state index in [-0.39, 0.29) is 24.5 Å². The molecule has 204 valence electrons. The second-order valence-electron chi connectivity index (χ2n) is 9.24. The van der Waals surface area contributed by atoms with E-state index in [2.05, 4.69) is 15.5 Å². The lowest BCUT2D eigenvalue weighted by atomic mass is 9.96. The van der Waals surface area contributed by atoms with Crippen LogP contribution in [0.3, 0.4) is 0 Å². The first-order chi connectivity index (χ1) is 18.7. The Kier molecular flexibility index (Phi) is 6.94. The zero-order chi connectivity index (χ0) is 27.7. The van der Waals surface area contributed by atoms with Gasteiger partial charge in [-0.25, -0.2) is 9.36 Å². The van der Waals surface area contributed by atoms with Crippen LogP contribution in [0.1, 0.15) is 40.1 Å². The number of aromatic nitrogens is 4. The fourth-order valence-electron chi connectivity index (χ4n) is 4.68. The summed E-state index contributed by atoms with van der Waals surface area (Å²) in [6.45, 7) is 0.255. The SMILES string of the molecule is COc1ccc([C@@H]2C[C@@H](C(F)(F)F)n3nc(C(=O)N(C)Cc4ccc(-n5cccn5)cc4)cc3N2)cc1OC. The second-order valence-corrected chi connectivity index (χ2v) is 9.24. The molecule has 0 aliphatic carbocycles. The number of ether oxygens (including phenoxy) is 2. The summed E-state index contributed by atoms with van der Waals surface area (Å²) in [5.41, 5.74) is 2.24. The maximum atomic E-state index is 14.1. The number of carbonyl (C=O) groups excluding carboxylic acids is 1. The molecule has 1 amide bonds. The van der Waals surface area contributed by atoms with E-state index in [1.54, 1.807) is 36.1 Å². The van der Waals surface area contributed by atoms with E-state index < -0.39 is 24.2 Å². The summed E-state index contributed by atoms with van der Waals surface area (Å²) in [6.07, 6.45) is -1.37. The van der Waals surface area contributed by atoms with Gasteiger partial charge in [0.15, 0.2) is 23.2 Å². The highest BCUT2D eigenvalue weighted by Crippen LogP contribution is 2.44. The maximum Gasteiger partial charge on any atom is 0.410 e. The van der Waals surface area contributed by atoms with Crippen molar-refractivity contribution in [3.05, 3.63) is 83.8 Å². The highest BCUT2D eigenvalue weighted by Gasteiger charge is 2.47. The van der Waals surface area contributed by atoms with Gasteiger partial charge in [-0.1, -0.05) is 18.2 Å². The first-order valence-corrected chi connectivity index (χ1v) is 12.2. The number of rotatable bonds is 7. The molecule has 2 aromatic heterocycles. The van der Waals surface area contributed by atoms with Gasteiger partial charge in [0.2, 0.25) is 0 Å². The number of hydrogen-bond acceptors (Lipinski definition) is 6. The van der Waals surface area contributed by atoms with E-state index in [0.29, 0.717) is 17.1 Å². The number of fused-ring (bicyclic) bond motifs is 1. The van der Waals surface area contributed by atoms with Crippen LogP contribution in [0.4, 0.5) is 19.0 Å². The van der Waals surface area contributed by atoms with Crippen molar-refractivity contribution in [1.29, 1.82) is 0 Å². The van der Waals surface area contributed by atoms with Crippen molar-refractivity contribution >= 4 is 11.7 Å². The Morgan fingerprint density at radius 3 is 2.49 bits per heavy atom. The zero-order valence-corrected chi connectivity index (χ0v) is 21.5. The molecule has 1 N–H and O–H groups in total. The molecular weight excluding hydrogens is 513 g/mol.